The topological polar surface area (TPSA) is 129 Å². The number of benzene rings is 1. The fourth-order valence-corrected chi connectivity index (χ4v) is 2.96. The van der Waals surface area contributed by atoms with E-state index in [0.717, 1.165) is 11.3 Å². The van der Waals surface area contributed by atoms with Crippen molar-refractivity contribution in [3.63, 3.8) is 0 Å². The molecule has 2 aromatic rings. The standard InChI is InChI=1S/C18H25BrN6O3S.C2H6/c1-10-8-13(6-7-15(10)23-18(27)25-29(4,5)28)22-17-20-9-14(19)16(24-17)21-11(2)12(3)26;1-2/h6-9,11-12,26H,1-5H3,(H,23,27)(H2,20,21,22,24);1-2H3/t11-,12-;/m1./s1. The van der Waals surface area contributed by atoms with Crippen LogP contribution in [-0.4, -0.2) is 50.0 Å². The third kappa shape index (κ3) is 9.19. The summed E-state index contributed by atoms with van der Waals surface area (Å²) in [6.07, 6.45) is 3.87. The van der Waals surface area contributed by atoms with Gasteiger partial charge in [-0.25, -0.2) is 14.0 Å². The first-order valence-electron chi connectivity index (χ1n) is 9.77. The minimum Gasteiger partial charge on any atom is -0.391 e. The van der Waals surface area contributed by atoms with E-state index in [2.05, 4.69) is 46.2 Å². The van der Waals surface area contributed by atoms with Crippen molar-refractivity contribution in [1.82, 2.24) is 9.97 Å². The molecule has 0 aliphatic heterocycles. The van der Waals surface area contributed by atoms with E-state index in [4.69, 9.17) is 0 Å². The van der Waals surface area contributed by atoms with E-state index in [1.807, 2.05) is 33.8 Å². The predicted molar refractivity (Wildman–Crippen MR) is 132 cm³/mol. The SMILES string of the molecule is CC.Cc1cc(Nc2ncc(Br)c(N[C@H](C)[C@@H](C)O)n2)ccc1NC(=O)N=S(C)(C)=O. The van der Waals surface area contributed by atoms with E-state index in [0.29, 0.717) is 21.9 Å². The summed E-state index contributed by atoms with van der Waals surface area (Å²) in [5.74, 6) is 0.928. The number of rotatable bonds is 6. The summed E-state index contributed by atoms with van der Waals surface area (Å²) in [6, 6.07) is 4.45. The molecule has 4 N–H and O–H groups in total. The van der Waals surface area contributed by atoms with Gasteiger partial charge in [-0.3, -0.25) is 0 Å². The Hall–Kier alpha value is -2.24. The van der Waals surface area contributed by atoms with Gasteiger partial charge in [0.05, 0.1) is 26.3 Å². The molecule has 0 radical (unpaired) electrons. The number of aliphatic hydroxyl groups excluding tert-OH is 1. The molecular formula is C20H31BrN6O3S. The Morgan fingerprint density at radius 3 is 2.45 bits per heavy atom. The summed E-state index contributed by atoms with van der Waals surface area (Å²) in [4.78, 5) is 20.5. The Labute approximate surface area is 192 Å². The van der Waals surface area contributed by atoms with Crippen LogP contribution >= 0.6 is 15.9 Å². The van der Waals surface area contributed by atoms with Crippen molar-refractivity contribution in [3.8, 4) is 0 Å². The van der Waals surface area contributed by atoms with Gasteiger partial charge in [0.2, 0.25) is 5.95 Å². The minimum atomic E-state index is -2.52. The van der Waals surface area contributed by atoms with Crippen molar-refractivity contribution >= 4 is 54.8 Å². The van der Waals surface area contributed by atoms with Crippen LogP contribution in [0.1, 0.15) is 33.3 Å². The lowest BCUT2D eigenvalue weighted by molar-refractivity contribution is 0.177. The molecule has 11 heteroatoms. The summed E-state index contributed by atoms with van der Waals surface area (Å²) in [5.41, 5.74) is 2.08. The van der Waals surface area contributed by atoms with Crippen LogP contribution in [0.3, 0.4) is 0 Å². The molecule has 31 heavy (non-hydrogen) atoms. The smallest absolute Gasteiger partial charge is 0.353 e. The molecule has 0 unspecified atom stereocenters. The quantitative estimate of drug-likeness (QED) is 0.437. The summed E-state index contributed by atoms with van der Waals surface area (Å²) in [5, 5.41) is 18.5. The number of nitrogens with one attached hydrogen (secondary N) is 3. The number of amides is 2. The van der Waals surface area contributed by atoms with Gasteiger partial charge in [-0.15, -0.1) is 4.36 Å². The molecule has 1 aromatic heterocycles. The zero-order valence-corrected chi connectivity index (χ0v) is 21.3. The van der Waals surface area contributed by atoms with Gasteiger partial charge >= 0.3 is 6.03 Å². The van der Waals surface area contributed by atoms with Crippen LogP contribution in [0.4, 0.5) is 27.9 Å². The van der Waals surface area contributed by atoms with Gasteiger partial charge in [-0.2, -0.15) is 4.98 Å². The second-order valence-electron chi connectivity index (χ2n) is 6.92. The average molecular weight is 515 g/mol. The third-order valence-corrected chi connectivity index (χ3v) is 5.04. The molecule has 0 saturated carbocycles. The maximum Gasteiger partial charge on any atom is 0.353 e. The van der Waals surface area contributed by atoms with Crippen LogP contribution in [-0.2, 0) is 9.73 Å². The van der Waals surface area contributed by atoms with Crippen LogP contribution in [0.25, 0.3) is 0 Å². The largest absolute Gasteiger partial charge is 0.391 e. The Morgan fingerprint density at radius 1 is 1.26 bits per heavy atom. The van der Waals surface area contributed by atoms with Crippen molar-refractivity contribution < 1.29 is 14.1 Å². The number of carbonyl (C=O) groups is 1. The number of carbonyl (C=O) groups excluding carboxylic acids is 1. The van der Waals surface area contributed by atoms with Crippen LogP contribution in [0.2, 0.25) is 0 Å². The average Bonchev–Trinajstić information content (AvgIpc) is 2.66. The summed E-state index contributed by atoms with van der Waals surface area (Å²) in [7, 11) is -2.52. The predicted octanol–water partition coefficient (Wildman–Crippen LogP) is 4.76. The molecule has 1 heterocycles. The van der Waals surface area contributed by atoms with Crippen molar-refractivity contribution in [2.24, 2.45) is 4.36 Å². The number of aliphatic hydroxyl groups is 1. The molecule has 0 fully saturated rings. The second kappa shape index (κ2) is 12.0. The number of hydrogen-bond acceptors (Lipinski definition) is 7. The molecular weight excluding hydrogens is 484 g/mol. The van der Waals surface area contributed by atoms with Gasteiger partial charge in [0.25, 0.3) is 0 Å². The lowest BCUT2D eigenvalue weighted by Crippen LogP contribution is -2.28. The minimum absolute atomic E-state index is 0.189. The van der Waals surface area contributed by atoms with Gasteiger partial charge < -0.3 is 21.1 Å². The normalized spacial score (nSPS) is 12.7. The first-order valence-corrected chi connectivity index (χ1v) is 12.9. The van der Waals surface area contributed by atoms with Crippen LogP contribution in [0.5, 0.6) is 0 Å². The zero-order valence-electron chi connectivity index (χ0n) is 18.9. The third-order valence-electron chi connectivity index (χ3n) is 3.86. The van der Waals surface area contributed by atoms with Gasteiger partial charge in [-0.05, 0) is 60.5 Å². The lowest BCUT2D eigenvalue weighted by Gasteiger charge is -2.18. The highest BCUT2D eigenvalue weighted by Crippen LogP contribution is 2.25. The highest BCUT2D eigenvalue weighted by Gasteiger charge is 2.13. The highest BCUT2D eigenvalue weighted by atomic mass is 79.9. The molecule has 0 aliphatic carbocycles. The fourth-order valence-electron chi connectivity index (χ4n) is 2.21. The molecule has 0 bridgehead atoms. The zero-order chi connectivity index (χ0) is 23.8. The number of hydrogen-bond donors (Lipinski definition) is 4. The van der Waals surface area contributed by atoms with Crippen molar-refractivity contribution in [3.05, 3.63) is 34.4 Å². The van der Waals surface area contributed by atoms with Gasteiger partial charge in [-0.1, -0.05) is 13.8 Å². The molecule has 1 aromatic carbocycles. The van der Waals surface area contributed by atoms with Crippen LogP contribution in [0.15, 0.2) is 33.2 Å². The number of aryl methyl sites for hydroxylation is 1. The maximum atomic E-state index is 11.8. The van der Waals surface area contributed by atoms with Crippen LogP contribution in [0, 0.1) is 6.92 Å². The van der Waals surface area contributed by atoms with E-state index in [1.54, 1.807) is 25.3 Å². The number of urea groups is 1. The number of aromatic nitrogens is 2. The first-order chi connectivity index (χ1) is 14.4. The molecule has 2 atom stereocenters. The maximum absolute atomic E-state index is 11.8. The Bertz CT molecular complexity index is 1010. The summed E-state index contributed by atoms with van der Waals surface area (Å²) < 4.78 is 15.9. The Balaban J connectivity index is 0.00000233. The molecule has 0 spiro atoms. The van der Waals surface area contributed by atoms with Gasteiger partial charge in [0.1, 0.15) is 5.82 Å². The summed E-state index contributed by atoms with van der Waals surface area (Å²) in [6.45, 7) is 9.38. The van der Waals surface area contributed by atoms with Gasteiger partial charge in [0, 0.05) is 30.1 Å². The number of anilines is 4. The molecule has 9 nitrogen and oxygen atoms in total. The molecule has 172 valence electrons. The van der Waals surface area contributed by atoms with Crippen molar-refractivity contribution in [1.29, 1.82) is 0 Å². The molecule has 0 saturated heterocycles. The molecule has 0 aliphatic rings. The van der Waals surface area contributed by atoms with E-state index in [9.17, 15) is 14.1 Å². The monoisotopic (exact) mass is 514 g/mol. The van der Waals surface area contributed by atoms with E-state index in [1.165, 1.54) is 12.5 Å². The fraction of sp³-hybridized carbons (Fsp3) is 0.450. The summed E-state index contributed by atoms with van der Waals surface area (Å²) >= 11 is 3.39. The van der Waals surface area contributed by atoms with E-state index >= 15 is 0 Å². The van der Waals surface area contributed by atoms with Crippen molar-refractivity contribution in [2.75, 3.05) is 28.5 Å². The highest BCUT2D eigenvalue weighted by molar-refractivity contribution is 9.10. The number of nitrogens with zero attached hydrogens (tertiary/aromatic N) is 3. The van der Waals surface area contributed by atoms with E-state index < -0.39 is 21.9 Å². The second-order valence-corrected chi connectivity index (χ2v) is 10.3. The number of halogens is 1. The van der Waals surface area contributed by atoms with E-state index in [-0.39, 0.29) is 6.04 Å². The first kappa shape index (κ1) is 26.8. The molecule has 2 rings (SSSR count). The Morgan fingerprint density at radius 2 is 1.90 bits per heavy atom. The van der Waals surface area contributed by atoms with Crippen LogP contribution < -0.4 is 16.0 Å². The Kier molecular flexibility index (Phi) is 10.3. The van der Waals surface area contributed by atoms with Crippen molar-refractivity contribution in [2.45, 2.75) is 46.8 Å². The molecule has 2 amide bonds. The lowest BCUT2D eigenvalue weighted by atomic mass is 10.2. The van der Waals surface area contributed by atoms with Gasteiger partial charge in [0.15, 0.2) is 0 Å².